The highest BCUT2D eigenvalue weighted by molar-refractivity contribution is 5.66. The number of unbranched alkanes of at least 4 members (excludes halogenated alkanes) is 1. The van der Waals surface area contributed by atoms with Crippen LogP contribution in [0.5, 0.6) is 0 Å². The number of carboxylic acid groups (broad SMARTS) is 1. The van der Waals surface area contributed by atoms with Crippen LogP contribution in [0.4, 0.5) is 0 Å². The zero-order valence-electron chi connectivity index (χ0n) is 8.03. The number of hydrogen-bond donors (Lipinski definition) is 2. The zero-order valence-corrected chi connectivity index (χ0v) is 8.03. The Morgan fingerprint density at radius 2 is 2.08 bits per heavy atom. The third-order valence-corrected chi connectivity index (χ3v) is 1.83. The molecule has 0 aliphatic carbocycles. The monoisotopic (exact) mass is 190 g/mol. The van der Waals surface area contributed by atoms with Gasteiger partial charge in [-0.2, -0.15) is 0 Å². The lowest BCUT2D eigenvalue weighted by atomic mass is 10.1. The van der Waals surface area contributed by atoms with Gasteiger partial charge in [0.1, 0.15) is 0 Å². The summed E-state index contributed by atoms with van der Waals surface area (Å²) in [5.74, 6) is -0.772. The molecule has 0 heterocycles. The molecule has 0 rings (SSSR count). The molecule has 0 radical (unpaired) electrons. The summed E-state index contributed by atoms with van der Waals surface area (Å²) in [5.41, 5.74) is 0. The van der Waals surface area contributed by atoms with Crippen LogP contribution in [0.1, 0.15) is 32.1 Å². The summed E-state index contributed by atoms with van der Waals surface area (Å²) in [7, 11) is 1.59. The van der Waals surface area contributed by atoms with Gasteiger partial charge in [0.15, 0.2) is 0 Å². The predicted molar refractivity (Wildman–Crippen MR) is 48.6 cm³/mol. The number of methoxy groups -OCH3 is 1. The molecular formula is C9H18O4. The van der Waals surface area contributed by atoms with E-state index in [0.717, 1.165) is 6.42 Å². The summed E-state index contributed by atoms with van der Waals surface area (Å²) in [5, 5.41) is 17.7. The van der Waals surface area contributed by atoms with Crippen molar-refractivity contribution in [1.29, 1.82) is 0 Å². The molecule has 0 bridgehead atoms. The molecule has 0 amide bonds. The minimum atomic E-state index is -0.772. The lowest BCUT2D eigenvalue weighted by Crippen LogP contribution is -2.09. The van der Waals surface area contributed by atoms with E-state index in [1.807, 2.05) is 0 Å². The summed E-state index contributed by atoms with van der Waals surface area (Å²) in [6.45, 7) is 0.556. The summed E-state index contributed by atoms with van der Waals surface area (Å²) in [6.07, 6.45) is 2.53. The lowest BCUT2D eigenvalue weighted by Gasteiger charge is -2.08. The molecule has 4 heteroatoms. The molecule has 0 aliphatic rings. The average molecular weight is 190 g/mol. The fourth-order valence-electron chi connectivity index (χ4n) is 1.05. The Morgan fingerprint density at radius 3 is 2.62 bits per heavy atom. The number of aliphatic carboxylic acids is 1. The fraction of sp³-hybridized carbons (Fsp3) is 0.889. The topological polar surface area (TPSA) is 66.8 Å². The number of hydrogen-bond acceptors (Lipinski definition) is 3. The molecule has 0 spiro atoms. The largest absolute Gasteiger partial charge is 0.481 e. The van der Waals surface area contributed by atoms with Crippen LogP contribution in [0.2, 0.25) is 0 Å². The molecule has 4 nitrogen and oxygen atoms in total. The van der Waals surface area contributed by atoms with Crippen molar-refractivity contribution in [2.24, 2.45) is 0 Å². The maximum absolute atomic E-state index is 10.1. The first kappa shape index (κ1) is 12.4. The SMILES string of the molecule is COCC[C@@H](O)CCCCC(=O)O. The number of aliphatic hydroxyl groups excluding tert-OH is 1. The minimum absolute atomic E-state index is 0.191. The predicted octanol–water partition coefficient (Wildman–Crippen LogP) is 1.03. The second-order valence-electron chi connectivity index (χ2n) is 3.07. The van der Waals surface area contributed by atoms with E-state index in [9.17, 15) is 9.90 Å². The maximum atomic E-state index is 10.1. The van der Waals surface area contributed by atoms with Gasteiger partial charge in [0.25, 0.3) is 0 Å². The summed E-state index contributed by atoms with van der Waals surface area (Å²) >= 11 is 0. The van der Waals surface area contributed by atoms with Crippen molar-refractivity contribution in [1.82, 2.24) is 0 Å². The molecule has 0 unspecified atom stereocenters. The van der Waals surface area contributed by atoms with Crippen LogP contribution >= 0.6 is 0 Å². The molecule has 1 atom stereocenters. The molecule has 0 fully saturated rings. The van der Waals surface area contributed by atoms with Crippen LogP contribution in [-0.4, -0.2) is 36.0 Å². The number of aliphatic hydroxyl groups is 1. The van der Waals surface area contributed by atoms with Gasteiger partial charge in [-0.15, -0.1) is 0 Å². The van der Waals surface area contributed by atoms with Gasteiger partial charge in [0.2, 0.25) is 0 Å². The first-order chi connectivity index (χ1) is 6.16. The first-order valence-electron chi connectivity index (χ1n) is 4.55. The van der Waals surface area contributed by atoms with Crippen molar-refractivity contribution in [2.75, 3.05) is 13.7 Å². The van der Waals surface area contributed by atoms with Gasteiger partial charge in [-0.3, -0.25) is 4.79 Å². The molecule has 0 aliphatic heterocycles. The van der Waals surface area contributed by atoms with Crippen LogP contribution < -0.4 is 0 Å². The van der Waals surface area contributed by atoms with Crippen molar-refractivity contribution in [3.05, 3.63) is 0 Å². The Hall–Kier alpha value is -0.610. The quantitative estimate of drug-likeness (QED) is 0.561. The Kier molecular flexibility index (Phi) is 7.63. The molecule has 2 N–H and O–H groups in total. The van der Waals surface area contributed by atoms with Crippen molar-refractivity contribution < 1.29 is 19.7 Å². The van der Waals surface area contributed by atoms with Crippen molar-refractivity contribution in [3.63, 3.8) is 0 Å². The van der Waals surface area contributed by atoms with Crippen molar-refractivity contribution >= 4 is 5.97 Å². The van der Waals surface area contributed by atoms with Crippen LogP contribution in [0.15, 0.2) is 0 Å². The summed E-state index contributed by atoms with van der Waals surface area (Å²) in [6, 6.07) is 0. The highest BCUT2D eigenvalue weighted by Crippen LogP contribution is 2.06. The van der Waals surface area contributed by atoms with Gasteiger partial charge in [-0.25, -0.2) is 0 Å². The van der Waals surface area contributed by atoms with E-state index in [1.165, 1.54) is 0 Å². The number of carbonyl (C=O) groups is 1. The van der Waals surface area contributed by atoms with Crippen LogP contribution in [0.3, 0.4) is 0 Å². The number of rotatable bonds is 8. The van der Waals surface area contributed by atoms with E-state index in [2.05, 4.69) is 0 Å². The third-order valence-electron chi connectivity index (χ3n) is 1.83. The summed E-state index contributed by atoms with van der Waals surface area (Å²) in [4.78, 5) is 10.1. The Labute approximate surface area is 78.5 Å². The molecule has 0 saturated heterocycles. The van der Waals surface area contributed by atoms with Crippen LogP contribution in [-0.2, 0) is 9.53 Å². The van der Waals surface area contributed by atoms with E-state index in [-0.39, 0.29) is 12.5 Å². The maximum Gasteiger partial charge on any atom is 0.303 e. The molecule has 0 aromatic heterocycles. The van der Waals surface area contributed by atoms with E-state index in [1.54, 1.807) is 7.11 Å². The third kappa shape index (κ3) is 9.30. The first-order valence-corrected chi connectivity index (χ1v) is 4.55. The van der Waals surface area contributed by atoms with Crippen LogP contribution in [0, 0.1) is 0 Å². The van der Waals surface area contributed by atoms with Gasteiger partial charge in [-0.1, -0.05) is 6.42 Å². The normalized spacial score (nSPS) is 12.8. The van der Waals surface area contributed by atoms with E-state index >= 15 is 0 Å². The van der Waals surface area contributed by atoms with E-state index in [4.69, 9.17) is 9.84 Å². The Morgan fingerprint density at radius 1 is 1.38 bits per heavy atom. The Balaban J connectivity index is 3.16. The van der Waals surface area contributed by atoms with Crippen LogP contribution in [0.25, 0.3) is 0 Å². The van der Waals surface area contributed by atoms with Crippen molar-refractivity contribution in [2.45, 2.75) is 38.2 Å². The highest BCUT2D eigenvalue weighted by Gasteiger charge is 2.04. The number of ether oxygens (including phenoxy) is 1. The van der Waals surface area contributed by atoms with Gasteiger partial charge in [0, 0.05) is 20.1 Å². The molecule has 0 saturated carbocycles. The lowest BCUT2D eigenvalue weighted by molar-refractivity contribution is -0.137. The highest BCUT2D eigenvalue weighted by atomic mass is 16.5. The van der Waals surface area contributed by atoms with E-state index in [0.29, 0.717) is 25.9 Å². The smallest absolute Gasteiger partial charge is 0.303 e. The molecule has 0 aromatic rings. The minimum Gasteiger partial charge on any atom is -0.481 e. The molecule has 0 aromatic carbocycles. The van der Waals surface area contributed by atoms with E-state index < -0.39 is 5.97 Å². The van der Waals surface area contributed by atoms with Gasteiger partial charge in [0.05, 0.1) is 6.10 Å². The summed E-state index contributed by atoms with van der Waals surface area (Å²) < 4.78 is 4.80. The van der Waals surface area contributed by atoms with Crippen molar-refractivity contribution in [3.8, 4) is 0 Å². The molecular weight excluding hydrogens is 172 g/mol. The Bertz CT molecular complexity index is 136. The zero-order chi connectivity index (χ0) is 10.1. The fourth-order valence-corrected chi connectivity index (χ4v) is 1.05. The van der Waals surface area contributed by atoms with Gasteiger partial charge < -0.3 is 14.9 Å². The standard InChI is InChI=1S/C9H18O4/c1-13-7-6-8(10)4-2-3-5-9(11)12/h8,10H,2-7H2,1H3,(H,11,12)/t8-/m0/s1. The second-order valence-corrected chi connectivity index (χ2v) is 3.07. The van der Waals surface area contributed by atoms with Gasteiger partial charge in [-0.05, 0) is 19.3 Å². The van der Waals surface area contributed by atoms with Gasteiger partial charge >= 0.3 is 5.97 Å². The second kappa shape index (κ2) is 8.01. The number of carboxylic acids is 1. The molecule has 78 valence electrons. The molecule has 13 heavy (non-hydrogen) atoms. The average Bonchev–Trinajstić information content (AvgIpc) is 2.08.